The lowest BCUT2D eigenvalue weighted by Gasteiger charge is -2.20. The number of aromatic nitrogens is 1. The molecule has 1 amide bonds. The first-order chi connectivity index (χ1) is 17.0. The predicted octanol–water partition coefficient (Wildman–Crippen LogP) is 5.62. The maximum absolute atomic E-state index is 13.4. The second-order valence-electron chi connectivity index (χ2n) is 9.24. The summed E-state index contributed by atoms with van der Waals surface area (Å²) in [6, 6.07) is 11.6. The number of pyridine rings is 1. The molecule has 0 radical (unpaired) electrons. The van der Waals surface area contributed by atoms with Crippen LogP contribution in [-0.2, 0) is 23.5 Å². The molecule has 1 aliphatic carbocycles. The van der Waals surface area contributed by atoms with Gasteiger partial charge in [-0.2, -0.15) is 13.2 Å². The van der Waals surface area contributed by atoms with E-state index in [-0.39, 0.29) is 34.5 Å². The van der Waals surface area contributed by atoms with Crippen LogP contribution in [0.25, 0.3) is 11.1 Å². The van der Waals surface area contributed by atoms with Crippen molar-refractivity contribution >= 4 is 16.7 Å². The van der Waals surface area contributed by atoms with Crippen molar-refractivity contribution in [3.8, 4) is 11.1 Å². The van der Waals surface area contributed by atoms with E-state index in [9.17, 15) is 27.0 Å². The minimum atomic E-state index is -4.56. The number of hydrogen-bond acceptors (Lipinski definition) is 3. The van der Waals surface area contributed by atoms with Crippen LogP contribution in [0.4, 0.5) is 13.2 Å². The maximum Gasteiger partial charge on any atom is 0.416 e. The number of hydrogen-bond donors (Lipinski definition) is 1. The van der Waals surface area contributed by atoms with Crippen molar-refractivity contribution in [1.29, 1.82) is 0 Å². The Hall–Kier alpha value is -3.20. The van der Waals surface area contributed by atoms with Crippen molar-refractivity contribution in [3.05, 3.63) is 87.3 Å². The van der Waals surface area contributed by atoms with Crippen molar-refractivity contribution in [2.75, 3.05) is 0 Å². The lowest BCUT2D eigenvalue weighted by molar-refractivity contribution is -0.137. The summed E-state index contributed by atoms with van der Waals surface area (Å²) in [6.07, 6.45) is -1.16. The molecule has 36 heavy (non-hydrogen) atoms. The van der Waals surface area contributed by atoms with E-state index in [0.29, 0.717) is 5.69 Å². The molecule has 9 heteroatoms. The fourth-order valence-corrected chi connectivity index (χ4v) is 5.46. The number of rotatable bonds is 7. The number of alkyl halides is 3. The monoisotopic (exact) mass is 516 g/mol. The fourth-order valence-electron chi connectivity index (χ4n) is 4.11. The molecule has 1 atom stereocenters. The largest absolute Gasteiger partial charge is 0.416 e. The first-order valence-corrected chi connectivity index (χ1v) is 12.9. The third-order valence-corrected chi connectivity index (χ3v) is 8.02. The van der Waals surface area contributed by atoms with Gasteiger partial charge in [-0.3, -0.25) is 13.8 Å². The van der Waals surface area contributed by atoms with Crippen LogP contribution in [0.5, 0.6) is 0 Å². The minimum Gasteiger partial charge on any atom is -0.348 e. The Kier molecular flexibility index (Phi) is 7.22. The number of nitrogens with one attached hydrogen (secondary N) is 1. The Balaban J connectivity index is 1.64. The summed E-state index contributed by atoms with van der Waals surface area (Å²) in [4.78, 5) is 27.2. The molecule has 1 unspecified atom stereocenters. The van der Waals surface area contributed by atoms with Gasteiger partial charge in [0.1, 0.15) is 5.56 Å². The van der Waals surface area contributed by atoms with E-state index in [0.717, 1.165) is 35.4 Å². The molecule has 4 rings (SSSR count). The van der Waals surface area contributed by atoms with Crippen molar-refractivity contribution in [2.24, 2.45) is 0 Å². The average Bonchev–Trinajstić information content (AvgIpc) is 3.68. The van der Waals surface area contributed by atoms with Crippen molar-refractivity contribution in [3.63, 3.8) is 0 Å². The Bertz CT molecular complexity index is 1370. The highest BCUT2D eigenvalue weighted by atomic mass is 32.2. The van der Waals surface area contributed by atoms with Gasteiger partial charge >= 0.3 is 6.18 Å². The molecule has 1 aromatic heterocycles. The molecule has 0 aliphatic heterocycles. The van der Waals surface area contributed by atoms with Gasteiger partial charge in [-0.05, 0) is 69.0 Å². The lowest BCUT2D eigenvalue weighted by Crippen LogP contribution is -2.31. The van der Waals surface area contributed by atoms with Crippen molar-refractivity contribution in [2.45, 2.75) is 62.5 Å². The molecule has 0 spiro atoms. The van der Waals surface area contributed by atoms with Gasteiger partial charge < -0.3 is 9.88 Å². The summed E-state index contributed by atoms with van der Waals surface area (Å²) in [6.45, 7) is 5.53. The molecule has 1 heterocycles. The summed E-state index contributed by atoms with van der Waals surface area (Å²) >= 11 is 0. The Morgan fingerprint density at radius 1 is 1.14 bits per heavy atom. The molecule has 1 N–H and O–H groups in total. The summed E-state index contributed by atoms with van der Waals surface area (Å²) < 4.78 is 53.9. The zero-order valence-corrected chi connectivity index (χ0v) is 21.0. The van der Waals surface area contributed by atoms with E-state index >= 15 is 0 Å². The van der Waals surface area contributed by atoms with Crippen molar-refractivity contribution in [1.82, 2.24) is 9.88 Å². The zero-order valence-electron chi connectivity index (χ0n) is 20.2. The van der Waals surface area contributed by atoms with Gasteiger partial charge in [0.2, 0.25) is 5.43 Å². The van der Waals surface area contributed by atoms with Crippen LogP contribution in [0, 0.1) is 6.92 Å². The highest BCUT2D eigenvalue weighted by molar-refractivity contribution is 7.86. The first kappa shape index (κ1) is 25.9. The second kappa shape index (κ2) is 10.0. The molecular weight excluding hydrogens is 489 g/mol. The smallest absolute Gasteiger partial charge is 0.348 e. The van der Waals surface area contributed by atoms with Gasteiger partial charge in [0.15, 0.2) is 0 Å². The summed E-state index contributed by atoms with van der Waals surface area (Å²) in [5.74, 6) is -0.617. The van der Waals surface area contributed by atoms with Crippen LogP contribution >= 0.6 is 0 Å². The molecule has 0 bridgehead atoms. The van der Waals surface area contributed by atoms with E-state index in [2.05, 4.69) is 5.32 Å². The zero-order chi connectivity index (χ0) is 26.2. The highest BCUT2D eigenvalue weighted by Gasteiger charge is 2.31. The molecule has 5 nitrogen and oxygen atoms in total. The highest BCUT2D eigenvalue weighted by Crippen LogP contribution is 2.33. The van der Waals surface area contributed by atoms with Gasteiger partial charge in [0, 0.05) is 40.2 Å². The van der Waals surface area contributed by atoms with Crippen LogP contribution in [0.15, 0.2) is 64.4 Å². The Morgan fingerprint density at radius 3 is 2.39 bits per heavy atom. The third-order valence-electron chi connectivity index (χ3n) is 6.20. The SMILES string of the molecule is Cc1c(-c2cccc(C(F)(F)F)c2)c(=O)c(C(=O)NCc2ccc(S(=O)C3CC3)cc2)cn1C(C)C. The number of carbonyl (C=O) groups excluding carboxylic acids is 1. The van der Waals surface area contributed by atoms with Gasteiger partial charge in [0.05, 0.1) is 16.4 Å². The van der Waals surface area contributed by atoms with Crippen LogP contribution < -0.4 is 10.7 Å². The van der Waals surface area contributed by atoms with Gasteiger partial charge in [-0.1, -0.05) is 24.3 Å². The van der Waals surface area contributed by atoms with E-state index < -0.39 is 33.9 Å². The number of benzene rings is 2. The normalized spacial score (nSPS) is 14.6. The quantitative estimate of drug-likeness (QED) is 0.443. The predicted molar refractivity (Wildman–Crippen MR) is 133 cm³/mol. The topological polar surface area (TPSA) is 68.2 Å². The van der Waals surface area contributed by atoms with E-state index in [4.69, 9.17) is 0 Å². The van der Waals surface area contributed by atoms with Crippen LogP contribution in [0.3, 0.4) is 0 Å². The van der Waals surface area contributed by atoms with E-state index in [1.54, 1.807) is 35.8 Å². The molecule has 1 fully saturated rings. The Labute approximate surface area is 209 Å². The van der Waals surface area contributed by atoms with Crippen LogP contribution in [-0.4, -0.2) is 19.9 Å². The number of carbonyl (C=O) groups is 1. The Morgan fingerprint density at radius 2 is 1.81 bits per heavy atom. The molecule has 2 aromatic carbocycles. The average molecular weight is 517 g/mol. The van der Waals surface area contributed by atoms with Gasteiger partial charge in [-0.25, -0.2) is 0 Å². The van der Waals surface area contributed by atoms with E-state index in [1.807, 2.05) is 13.8 Å². The second-order valence-corrected chi connectivity index (χ2v) is 11.0. The lowest BCUT2D eigenvalue weighted by atomic mass is 9.98. The van der Waals surface area contributed by atoms with Crippen molar-refractivity contribution < 1.29 is 22.2 Å². The molecule has 1 aliphatic rings. The molecular formula is C27H27F3N2O3S. The van der Waals surface area contributed by atoms with Gasteiger partial charge in [0.25, 0.3) is 5.91 Å². The number of amides is 1. The molecule has 0 saturated heterocycles. The summed E-state index contributed by atoms with van der Waals surface area (Å²) in [5, 5.41) is 2.96. The molecule has 190 valence electrons. The van der Waals surface area contributed by atoms with Crippen LogP contribution in [0.2, 0.25) is 0 Å². The number of halogens is 3. The van der Waals surface area contributed by atoms with E-state index in [1.165, 1.54) is 18.3 Å². The summed E-state index contributed by atoms with van der Waals surface area (Å²) in [5.41, 5.74) is -0.218. The van der Waals surface area contributed by atoms with Gasteiger partial charge in [-0.15, -0.1) is 0 Å². The summed E-state index contributed by atoms with van der Waals surface area (Å²) in [7, 11) is -1.02. The first-order valence-electron chi connectivity index (χ1n) is 11.7. The standard InChI is InChI=1S/C27H27F3N2O3S/c1-16(2)32-15-23(25(33)24(17(32)3)19-5-4-6-20(13-19)27(28,29)30)26(34)31-14-18-7-9-21(10-8-18)36(35)22-11-12-22/h4-10,13,15-16,22H,11-12,14H2,1-3H3,(H,31,34). The maximum atomic E-state index is 13.4. The van der Waals surface area contributed by atoms with Crippen LogP contribution in [0.1, 0.15) is 59.9 Å². The fraction of sp³-hybridized carbons (Fsp3) is 0.333. The molecule has 1 saturated carbocycles. The minimum absolute atomic E-state index is 0.0642. The molecule has 3 aromatic rings. The number of nitrogens with zero attached hydrogens (tertiary/aromatic N) is 1. The third kappa shape index (κ3) is 5.46.